The van der Waals surface area contributed by atoms with Gasteiger partial charge in [-0.1, -0.05) is 19.1 Å². The number of phenolic OH excluding ortho intramolecular Hbond substituents is 2. The molecule has 0 aliphatic heterocycles. The van der Waals surface area contributed by atoms with Crippen LogP contribution in [0.4, 0.5) is 5.69 Å². The number of hydrogen-bond donors (Lipinski definition) is 3. The first-order valence-electron chi connectivity index (χ1n) is 9.24. The zero-order valence-electron chi connectivity index (χ0n) is 14.9. The number of nitrogens with one attached hydrogen (secondary N) is 1. The largest absolute Gasteiger partial charge is 0.508 e. The second kappa shape index (κ2) is 8.26. The monoisotopic (exact) mass is 340 g/mol. The first kappa shape index (κ1) is 17.6. The van der Waals surface area contributed by atoms with E-state index in [-0.39, 0.29) is 0 Å². The van der Waals surface area contributed by atoms with Crippen LogP contribution in [0.2, 0.25) is 0 Å². The van der Waals surface area contributed by atoms with E-state index in [0.717, 1.165) is 56.6 Å². The Hall–Kier alpha value is -2.20. The van der Waals surface area contributed by atoms with Crippen molar-refractivity contribution < 1.29 is 10.2 Å². The Morgan fingerprint density at radius 3 is 2.64 bits per heavy atom. The van der Waals surface area contributed by atoms with Crippen LogP contribution in [0.1, 0.15) is 30.9 Å². The van der Waals surface area contributed by atoms with Crippen LogP contribution in [0, 0.1) is 0 Å². The highest BCUT2D eigenvalue weighted by molar-refractivity contribution is 5.46. The van der Waals surface area contributed by atoms with Gasteiger partial charge in [-0.2, -0.15) is 0 Å². The molecule has 1 unspecified atom stereocenters. The van der Waals surface area contributed by atoms with E-state index < -0.39 is 0 Å². The molecule has 0 aromatic heterocycles. The van der Waals surface area contributed by atoms with Crippen molar-refractivity contribution in [2.24, 2.45) is 0 Å². The number of nitrogens with zero attached hydrogens (tertiary/aromatic N) is 1. The molecule has 0 radical (unpaired) electrons. The van der Waals surface area contributed by atoms with Gasteiger partial charge in [-0.05, 0) is 73.7 Å². The first-order valence-corrected chi connectivity index (χ1v) is 9.24. The Balaban J connectivity index is 1.58. The Morgan fingerprint density at radius 2 is 1.88 bits per heavy atom. The summed E-state index contributed by atoms with van der Waals surface area (Å²) in [4.78, 5) is 2.57. The van der Waals surface area contributed by atoms with Crippen LogP contribution in [0.15, 0.2) is 42.5 Å². The van der Waals surface area contributed by atoms with Gasteiger partial charge in [0.05, 0.1) is 0 Å². The predicted octanol–water partition coefficient (Wildman–Crippen LogP) is 3.78. The highest BCUT2D eigenvalue weighted by atomic mass is 16.3. The normalized spacial score (nSPS) is 16.6. The molecule has 2 aromatic carbocycles. The molecule has 4 nitrogen and oxygen atoms in total. The Morgan fingerprint density at radius 1 is 1.08 bits per heavy atom. The van der Waals surface area contributed by atoms with Crippen molar-refractivity contribution in [3.63, 3.8) is 0 Å². The molecule has 25 heavy (non-hydrogen) atoms. The van der Waals surface area contributed by atoms with Crippen LogP contribution in [0.3, 0.4) is 0 Å². The molecule has 0 bridgehead atoms. The SMILES string of the molecule is CCCN(CCNc1ccc(O)cc1)C1CCc2c(O)cccc2C1. The molecule has 4 heteroatoms. The molecule has 0 saturated heterocycles. The summed E-state index contributed by atoms with van der Waals surface area (Å²) in [6, 6.07) is 13.7. The third kappa shape index (κ3) is 4.45. The maximum Gasteiger partial charge on any atom is 0.119 e. The topological polar surface area (TPSA) is 55.7 Å². The van der Waals surface area contributed by atoms with Gasteiger partial charge in [0.1, 0.15) is 11.5 Å². The smallest absolute Gasteiger partial charge is 0.119 e. The lowest BCUT2D eigenvalue weighted by Crippen LogP contribution is -2.42. The minimum absolute atomic E-state index is 0.294. The fourth-order valence-electron chi connectivity index (χ4n) is 3.77. The highest BCUT2D eigenvalue weighted by Crippen LogP contribution is 2.30. The van der Waals surface area contributed by atoms with Crippen molar-refractivity contribution in [1.82, 2.24) is 4.90 Å². The van der Waals surface area contributed by atoms with Crippen molar-refractivity contribution in [2.45, 2.75) is 38.6 Å². The van der Waals surface area contributed by atoms with Crippen molar-refractivity contribution >= 4 is 5.69 Å². The zero-order valence-corrected chi connectivity index (χ0v) is 14.9. The lowest BCUT2D eigenvalue weighted by molar-refractivity contribution is 0.186. The molecule has 1 aliphatic rings. The molecule has 2 aromatic rings. The van der Waals surface area contributed by atoms with Gasteiger partial charge in [-0.25, -0.2) is 0 Å². The molecule has 1 atom stereocenters. The maximum atomic E-state index is 10.0. The Bertz CT molecular complexity index is 685. The van der Waals surface area contributed by atoms with Crippen molar-refractivity contribution in [2.75, 3.05) is 25.0 Å². The van der Waals surface area contributed by atoms with Gasteiger partial charge in [0, 0.05) is 24.8 Å². The predicted molar refractivity (Wildman–Crippen MR) is 102 cm³/mol. The average Bonchev–Trinajstić information content (AvgIpc) is 2.62. The second-order valence-corrected chi connectivity index (χ2v) is 6.82. The van der Waals surface area contributed by atoms with Crippen molar-refractivity contribution in [3.8, 4) is 11.5 Å². The first-order chi connectivity index (χ1) is 12.2. The van der Waals surface area contributed by atoms with E-state index in [1.807, 2.05) is 18.2 Å². The molecule has 0 saturated carbocycles. The van der Waals surface area contributed by atoms with Crippen LogP contribution in [-0.4, -0.2) is 40.8 Å². The summed E-state index contributed by atoms with van der Waals surface area (Å²) in [6.45, 7) is 5.20. The van der Waals surface area contributed by atoms with E-state index in [1.165, 1.54) is 5.56 Å². The summed E-state index contributed by atoms with van der Waals surface area (Å²) >= 11 is 0. The van der Waals surface area contributed by atoms with Crippen LogP contribution >= 0.6 is 0 Å². The summed E-state index contributed by atoms with van der Waals surface area (Å²) in [6.07, 6.45) is 4.22. The second-order valence-electron chi connectivity index (χ2n) is 6.82. The fourth-order valence-corrected chi connectivity index (χ4v) is 3.77. The molecular formula is C21H28N2O2. The standard InChI is InChI=1S/C21H28N2O2/c1-2-13-23(14-12-22-17-6-9-19(24)10-7-17)18-8-11-20-16(15-18)4-3-5-21(20)25/h3-7,9-10,18,22,24-25H,2,8,11-15H2,1H3. The fraction of sp³-hybridized carbons (Fsp3) is 0.429. The van der Waals surface area contributed by atoms with Crippen molar-refractivity contribution in [3.05, 3.63) is 53.6 Å². The van der Waals surface area contributed by atoms with E-state index in [9.17, 15) is 10.2 Å². The van der Waals surface area contributed by atoms with Crippen molar-refractivity contribution in [1.29, 1.82) is 0 Å². The molecular weight excluding hydrogens is 312 g/mol. The third-order valence-electron chi connectivity index (χ3n) is 5.05. The summed E-state index contributed by atoms with van der Waals surface area (Å²) in [5, 5.41) is 22.8. The molecule has 1 aliphatic carbocycles. The summed E-state index contributed by atoms with van der Waals surface area (Å²) in [5.74, 6) is 0.745. The molecule has 3 rings (SSSR count). The number of aromatic hydroxyl groups is 2. The van der Waals surface area contributed by atoms with Gasteiger partial charge < -0.3 is 15.5 Å². The average molecular weight is 340 g/mol. The van der Waals surface area contributed by atoms with E-state index in [4.69, 9.17) is 0 Å². The summed E-state index contributed by atoms with van der Waals surface area (Å²) in [5.41, 5.74) is 3.47. The number of phenols is 2. The number of benzene rings is 2. The van der Waals surface area contributed by atoms with Gasteiger partial charge in [-0.15, -0.1) is 0 Å². The van der Waals surface area contributed by atoms with Crippen LogP contribution < -0.4 is 5.32 Å². The number of rotatable bonds is 7. The maximum absolute atomic E-state index is 10.0. The van der Waals surface area contributed by atoms with E-state index >= 15 is 0 Å². The molecule has 0 heterocycles. The number of fused-ring (bicyclic) bond motifs is 1. The van der Waals surface area contributed by atoms with Gasteiger partial charge in [-0.3, -0.25) is 4.90 Å². The lowest BCUT2D eigenvalue weighted by atomic mass is 9.87. The van der Waals surface area contributed by atoms with E-state index in [2.05, 4.69) is 23.2 Å². The zero-order chi connectivity index (χ0) is 17.6. The Kier molecular flexibility index (Phi) is 5.82. The number of anilines is 1. The Labute approximate surface area is 150 Å². The lowest BCUT2D eigenvalue weighted by Gasteiger charge is -2.35. The summed E-state index contributed by atoms with van der Waals surface area (Å²) in [7, 11) is 0. The van der Waals surface area contributed by atoms with E-state index in [0.29, 0.717) is 17.5 Å². The quantitative estimate of drug-likeness (QED) is 0.672. The number of hydrogen-bond acceptors (Lipinski definition) is 4. The van der Waals surface area contributed by atoms with E-state index in [1.54, 1.807) is 18.2 Å². The molecule has 0 spiro atoms. The van der Waals surface area contributed by atoms with Gasteiger partial charge in [0.25, 0.3) is 0 Å². The van der Waals surface area contributed by atoms with Gasteiger partial charge >= 0.3 is 0 Å². The summed E-state index contributed by atoms with van der Waals surface area (Å²) < 4.78 is 0. The van der Waals surface area contributed by atoms with Gasteiger partial charge in [0.2, 0.25) is 0 Å². The molecule has 0 fully saturated rings. The van der Waals surface area contributed by atoms with Crippen LogP contribution in [-0.2, 0) is 12.8 Å². The minimum atomic E-state index is 0.294. The van der Waals surface area contributed by atoms with Gasteiger partial charge in [0.15, 0.2) is 0 Å². The van der Waals surface area contributed by atoms with Crippen LogP contribution in [0.25, 0.3) is 0 Å². The molecule has 3 N–H and O–H groups in total. The molecule has 134 valence electrons. The minimum Gasteiger partial charge on any atom is -0.508 e. The highest BCUT2D eigenvalue weighted by Gasteiger charge is 2.25. The van der Waals surface area contributed by atoms with Crippen LogP contribution in [0.5, 0.6) is 11.5 Å². The molecule has 0 amide bonds. The third-order valence-corrected chi connectivity index (χ3v) is 5.05.